The van der Waals surface area contributed by atoms with E-state index in [1.165, 1.54) is 5.56 Å². The average Bonchev–Trinajstić information content (AvgIpc) is 2.92. The number of hydrogen-bond donors (Lipinski definition) is 2. The van der Waals surface area contributed by atoms with Gasteiger partial charge in [0.05, 0.1) is 12.6 Å². The van der Waals surface area contributed by atoms with Gasteiger partial charge >= 0.3 is 0 Å². The summed E-state index contributed by atoms with van der Waals surface area (Å²) in [5.74, 6) is -0.00810. The molecule has 0 spiro atoms. The minimum absolute atomic E-state index is 0. The minimum atomic E-state index is -0.00810. The zero-order valence-corrected chi connectivity index (χ0v) is 12.7. The number of hydrogen-bond acceptors (Lipinski definition) is 3. The van der Waals surface area contributed by atoms with E-state index in [4.69, 9.17) is 4.74 Å². The van der Waals surface area contributed by atoms with Crippen LogP contribution in [0.4, 0.5) is 5.69 Å². The molecule has 1 atom stereocenters. The van der Waals surface area contributed by atoms with Crippen molar-refractivity contribution in [2.75, 3.05) is 25.0 Å². The maximum absolute atomic E-state index is 11.8. The van der Waals surface area contributed by atoms with Crippen molar-refractivity contribution in [1.82, 2.24) is 5.32 Å². The van der Waals surface area contributed by atoms with Crippen LogP contribution in [-0.2, 0) is 16.0 Å². The Morgan fingerprint density at radius 3 is 3.00 bits per heavy atom. The third-order valence-corrected chi connectivity index (χ3v) is 3.30. The van der Waals surface area contributed by atoms with E-state index in [0.717, 1.165) is 38.1 Å². The number of anilines is 1. The Hall–Kier alpha value is -1.10. The predicted octanol–water partition coefficient (Wildman–Crippen LogP) is 2.38. The number of amides is 1. The SMILES string of the molecule is CCc1cccc(NC(=O)CNCC2CCCO2)c1.Cl. The van der Waals surface area contributed by atoms with Crippen molar-refractivity contribution in [1.29, 1.82) is 0 Å². The Bertz CT molecular complexity index is 420. The number of ether oxygens (including phenoxy) is 1. The molecule has 1 aromatic rings. The van der Waals surface area contributed by atoms with Crippen molar-refractivity contribution < 1.29 is 9.53 Å². The zero-order valence-electron chi connectivity index (χ0n) is 11.9. The highest BCUT2D eigenvalue weighted by atomic mass is 35.5. The lowest BCUT2D eigenvalue weighted by molar-refractivity contribution is -0.115. The van der Waals surface area contributed by atoms with E-state index in [1.807, 2.05) is 18.2 Å². The van der Waals surface area contributed by atoms with Crippen LogP contribution in [0.15, 0.2) is 24.3 Å². The van der Waals surface area contributed by atoms with Crippen molar-refractivity contribution in [3.8, 4) is 0 Å². The van der Waals surface area contributed by atoms with Gasteiger partial charge < -0.3 is 15.4 Å². The van der Waals surface area contributed by atoms with Crippen LogP contribution in [0.3, 0.4) is 0 Å². The van der Waals surface area contributed by atoms with E-state index in [9.17, 15) is 4.79 Å². The first kappa shape index (κ1) is 17.0. The second-order valence-corrected chi connectivity index (χ2v) is 4.87. The number of nitrogens with one attached hydrogen (secondary N) is 2. The number of benzene rings is 1. The van der Waals surface area contributed by atoms with E-state index in [-0.39, 0.29) is 24.4 Å². The fraction of sp³-hybridized carbons (Fsp3) is 0.533. The molecular formula is C15H23ClN2O2. The van der Waals surface area contributed by atoms with Gasteiger partial charge in [-0.1, -0.05) is 19.1 Å². The van der Waals surface area contributed by atoms with E-state index in [1.54, 1.807) is 0 Å². The Kier molecular flexibility index (Phi) is 7.59. The maximum atomic E-state index is 11.8. The second kappa shape index (κ2) is 8.95. The van der Waals surface area contributed by atoms with E-state index < -0.39 is 0 Å². The summed E-state index contributed by atoms with van der Waals surface area (Å²) in [5.41, 5.74) is 2.09. The van der Waals surface area contributed by atoms with Crippen LogP contribution in [0.5, 0.6) is 0 Å². The molecule has 1 heterocycles. The molecular weight excluding hydrogens is 276 g/mol. The van der Waals surface area contributed by atoms with Gasteiger partial charge in [0.2, 0.25) is 5.91 Å². The third-order valence-electron chi connectivity index (χ3n) is 3.30. The molecule has 0 aromatic heterocycles. The number of aryl methyl sites for hydroxylation is 1. The van der Waals surface area contributed by atoms with Gasteiger partial charge in [0.1, 0.15) is 0 Å². The third kappa shape index (κ3) is 5.49. The van der Waals surface area contributed by atoms with Crippen LogP contribution in [-0.4, -0.2) is 31.7 Å². The van der Waals surface area contributed by atoms with Crippen molar-refractivity contribution in [2.45, 2.75) is 32.3 Å². The summed E-state index contributed by atoms with van der Waals surface area (Å²) in [5, 5.41) is 6.04. The molecule has 112 valence electrons. The monoisotopic (exact) mass is 298 g/mol. The van der Waals surface area contributed by atoms with E-state index in [2.05, 4.69) is 23.6 Å². The molecule has 1 unspecified atom stereocenters. The van der Waals surface area contributed by atoms with Crippen molar-refractivity contribution in [3.63, 3.8) is 0 Å². The van der Waals surface area contributed by atoms with Crippen LogP contribution in [0.25, 0.3) is 0 Å². The van der Waals surface area contributed by atoms with Gasteiger partial charge in [-0.25, -0.2) is 0 Å². The highest BCUT2D eigenvalue weighted by Crippen LogP contribution is 2.11. The summed E-state index contributed by atoms with van der Waals surface area (Å²) in [6, 6.07) is 7.95. The molecule has 0 bridgehead atoms. The molecule has 0 saturated carbocycles. The first-order chi connectivity index (χ1) is 9.28. The highest BCUT2D eigenvalue weighted by Gasteiger charge is 2.15. The van der Waals surface area contributed by atoms with Gasteiger partial charge in [0, 0.05) is 18.8 Å². The Morgan fingerprint density at radius 2 is 2.30 bits per heavy atom. The maximum Gasteiger partial charge on any atom is 0.238 e. The summed E-state index contributed by atoms with van der Waals surface area (Å²) in [6.45, 7) is 4.03. The van der Waals surface area contributed by atoms with Gasteiger partial charge in [-0.15, -0.1) is 12.4 Å². The zero-order chi connectivity index (χ0) is 13.5. The molecule has 0 radical (unpaired) electrons. The highest BCUT2D eigenvalue weighted by molar-refractivity contribution is 5.92. The van der Waals surface area contributed by atoms with Gasteiger partial charge in [0.15, 0.2) is 0 Å². The molecule has 20 heavy (non-hydrogen) atoms. The summed E-state index contributed by atoms with van der Waals surface area (Å²) < 4.78 is 5.49. The summed E-state index contributed by atoms with van der Waals surface area (Å²) in [6.07, 6.45) is 3.47. The normalized spacial score (nSPS) is 17.6. The predicted molar refractivity (Wildman–Crippen MR) is 83.5 cm³/mol. The first-order valence-corrected chi connectivity index (χ1v) is 6.99. The molecule has 1 aliphatic heterocycles. The molecule has 1 fully saturated rings. The van der Waals surface area contributed by atoms with Crippen LogP contribution in [0.1, 0.15) is 25.3 Å². The fourth-order valence-electron chi connectivity index (χ4n) is 2.23. The van der Waals surface area contributed by atoms with Crippen LogP contribution >= 0.6 is 12.4 Å². The number of carbonyl (C=O) groups excluding carboxylic acids is 1. The summed E-state index contributed by atoms with van der Waals surface area (Å²) >= 11 is 0. The second-order valence-electron chi connectivity index (χ2n) is 4.87. The van der Waals surface area contributed by atoms with Crippen molar-refractivity contribution >= 4 is 24.0 Å². The lowest BCUT2D eigenvalue weighted by atomic mass is 10.1. The lowest BCUT2D eigenvalue weighted by Gasteiger charge is -2.11. The quantitative estimate of drug-likeness (QED) is 0.848. The van der Waals surface area contributed by atoms with Crippen LogP contribution < -0.4 is 10.6 Å². The van der Waals surface area contributed by atoms with Crippen LogP contribution in [0.2, 0.25) is 0 Å². The number of rotatable bonds is 6. The fourth-order valence-corrected chi connectivity index (χ4v) is 2.23. The lowest BCUT2D eigenvalue weighted by Crippen LogP contribution is -2.33. The number of halogens is 1. The van der Waals surface area contributed by atoms with Crippen molar-refractivity contribution in [3.05, 3.63) is 29.8 Å². The minimum Gasteiger partial charge on any atom is -0.377 e. The standard InChI is InChI=1S/C15H22N2O2.ClH/c1-2-12-5-3-6-13(9-12)17-15(18)11-16-10-14-7-4-8-19-14;/h3,5-6,9,14,16H,2,4,7-8,10-11H2,1H3,(H,17,18);1H. The molecule has 1 saturated heterocycles. The number of carbonyl (C=O) groups is 1. The topological polar surface area (TPSA) is 50.4 Å². The molecule has 1 aliphatic rings. The van der Waals surface area contributed by atoms with E-state index in [0.29, 0.717) is 6.54 Å². The van der Waals surface area contributed by atoms with Gasteiger partial charge in [-0.3, -0.25) is 4.79 Å². The molecule has 1 amide bonds. The molecule has 1 aromatic carbocycles. The molecule has 0 aliphatic carbocycles. The van der Waals surface area contributed by atoms with Crippen molar-refractivity contribution in [2.24, 2.45) is 0 Å². The van der Waals surface area contributed by atoms with Gasteiger partial charge in [-0.2, -0.15) is 0 Å². The van der Waals surface area contributed by atoms with Gasteiger partial charge in [0.25, 0.3) is 0 Å². The molecule has 2 N–H and O–H groups in total. The summed E-state index contributed by atoms with van der Waals surface area (Å²) in [4.78, 5) is 11.8. The largest absolute Gasteiger partial charge is 0.377 e. The van der Waals surface area contributed by atoms with Gasteiger partial charge in [-0.05, 0) is 37.0 Å². The first-order valence-electron chi connectivity index (χ1n) is 6.99. The molecule has 5 heteroatoms. The smallest absolute Gasteiger partial charge is 0.238 e. The van der Waals surface area contributed by atoms with Crippen LogP contribution in [0, 0.1) is 0 Å². The molecule has 4 nitrogen and oxygen atoms in total. The Balaban J connectivity index is 0.00000200. The Labute approximate surface area is 126 Å². The van der Waals surface area contributed by atoms with E-state index >= 15 is 0 Å². The average molecular weight is 299 g/mol. The Morgan fingerprint density at radius 1 is 1.45 bits per heavy atom. The summed E-state index contributed by atoms with van der Waals surface area (Å²) in [7, 11) is 0. The molecule has 2 rings (SSSR count).